The lowest BCUT2D eigenvalue weighted by atomic mass is 10.0. The molecule has 0 spiro atoms. The molecular formula is C14H20Cl3NO2. The van der Waals surface area contributed by atoms with Gasteiger partial charge >= 0.3 is 5.97 Å². The molecule has 0 bridgehead atoms. The fraction of sp³-hybridized carbons (Fsp3) is 0.500. The van der Waals surface area contributed by atoms with E-state index in [1.807, 2.05) is 24.3 Å². The number of halogens is 3. The Balaban J connectivity index is 0.00000361. The number of nitrogens with zero attached hydrogens (tertiary/aromatic N) is 1. The average molecular weight is 341 g/mol. The molecule has 6 heteroatoms. The molecule has 1 aromatic rings. The summed E-state index contributed by atoms with van der Waals surface area (Å²) in [5.41, 5.74) is 2.09. The molecule has 1 atom stereocenters. The van der Waals surface area contributed by atoms with Gasteiger partial charge in [-0.2, -0.15) is 0 Å². The number of carboxylic acids is 1. The van der Waals surface area contributed by atoms with Gasteiger partial charge in [0, 0.05) is 30.5 Å². The van der Waals surface area contributed by atoms with Gasteiger partial charge in [0.2, 0.25) is 0 Å². The first kappa shape index (κ1) is 19.4. The second-order valence-electron chi connectivity index (χ2n) is 4.47. The van der Waals surface area contributed by atoms with Gasteiger partial charge < -0.3 is 10.0 Å². The lowest BCUT2D eigenvalue weighted by molar-refractivity contribution is -0.141. The molecule has 1 N–H and O–H groups in total. The third-order valence-corrected chi connectivity index (χ3v) is 3.31. The predicted octanol–water partition coefficient (Wildman–Crippen LogP) is 3.66. The van der Waals surface area contributed by atoms with Gasteiger partial charge in [-0.05, 0) is 24.1 Å². The molecule has 114 valence electrons. The number of carboxylic acid groups (broad SMARTS) is 1. The minimum absolute atomic E-state index is 0. The van der Waals surface area contributed by atoms with Gasteiger partial charge in [-0.25, -0.2) is 0 Å². The highest BCUT2D eigenvalue weighted by Gasteiger charge is 2.12. The molecule has 1 rings (SSSR count). The second kappa shape index (κ2) is 10.1. The summed E-state index contributed by atoms with van der Waals surface area (Å²) in [5.74, 6) is -0.0359. The average Bonchev–Trinajstić information content (AvgIpc) is 2.39. The van der Waals surface area contributed by atoms with Crippen LogP contribution in [-0.2, 0) is 11.2 Å². The number of rotatable bonds is 8. The molecule has 0 aromatic heterocycles. The van der Waals surface area contributed by atoms with E-state index in [9.17, 15) is 4.79 Å². The minimum Gasteiger partial charge on any atom is -0.481 e. The zero-order chi connectivity index (χ0) is 14.3. The Kier molecular flexibility index (Phi) is 9.82. The van der Waals surface area contributed by atoms with Crippen LogP contribution >= 0.6 is 35.6 Å². The Morgan fingerprint density at radius 1 is 1.20 bits per heavy atom. The lowest BCUT2D eigenvalue weighted by Gasteiger charge is -2.23. The number of benzene rings is 1. The summed E-state index contributed by atoms with van der Waals surface area (Å²) in [6.07, 6.45) is 0.542. The van der Waals surface area contributed by atoms with Gasteiger partial charge in [0.25, 0.3) is 0 Å². The van der Waals surface area contributed by atoms with Gasteiger partial charge in [-0.3, -0.25) is 4.79 Å². The van der Waals surface area contributed by atoms with Crippen LogP contribution in [0.2, 0.25) is 0 Å². The summed E-state index contributed by atoms with van der Waals surface area (Å²) >= 11 is 11.5. The predicted molar refractivity (Wildman–Crippen MR) is 87.8 cm³/mol. The van der Waals surface area contributed by atoms with E-state index in [4.69, 9.17) is 28.3 Å². The molecule has 0 aliphatic heterocycles. The van der Waals surface area contributed by atoms with E-state index in [2.05, 4.69) is 4.90 Å². The Bertz CT molecular complexity index is 392. The molecule has 1 aromatic carbocycles. The van der Waals surface area contributed by atoms with Gasteiger partial charge in [0.05, 0.1) is 5.92 Å². The van der Waals surface area contributed by atoms with E-state index in [0.29, 0.717) is 18.2 Å². The maximum Gasteiger partial charge on any atom is 0.306 e. The van der Waals surface area contributed by atoms with Crippen LogP contribution in [0.25, 0.3) is 0 Å². The number of anilines is 1. The summed E-state index contributed by atoms with van der Waals surface area (Å²) in [6, 6.07) is 7.90. The standard InChI is InChI=1S/C14H19Cl2NO2.ClH/c1-11(14(18)19)10-12-2-4-13(5-3-12)17(8-6-15)9-7-16;/h2-5,11H,6-10H2,1H3,(H,18,19);1H. The highest BCUT2D eigenvalue weighted by atomic mass is 35.5. The minimum atomic E-state index is -0.769. The Morgan fingerprint density at radius 2 is 1.70 bits per heavy atom. The maximum atomic E-state index is 10.8. The molecule has 0 aliphatic carbocycles. The lowest BCUT2D eigenvalue weighted by Crippen LogP contribution is -2.27. The largest absolute Gasteiger partial charge is 0.481 e. The topological polar surface area (TPSA) is 40.5 Å². The molecule has 0 saturated heterocycles. The van der Waals surface area contributed by atoms with Crippen molar-refractivity contribution in [3.63, 3.8) is 0 Å². The maximum absolute atomic E-state index is 10.8. The molecule has 1 unspecified atom stereocenters. The van der Waals surface area contributed by atoms with Crippen LogP contribution in [0, 0.1) is 5.92 Å². The van der Waals surface area contributed by atoms with Crippen molar-refractivity contribution < 1.29 is 9.90 Å². The number of aliphatic carboxylic acids is 1. The number of hydrogen-bond donors (Lipinski definition) is 1. The molecule has 20 heavy (non-hydrogen) atoms. The fourth-order valence-corrected chi connectivity index (χ4v) is 2.27. The van der Waals surface area contributed by atoms with Crippen LogP contribution in [0.4, 0.5) is 5.69 Å². The van der Waals surface area contributed by atoms with Crippen LogP contribution < -0.4 is 4.90 Å². The normalized spacial score (nSPS) is 11.6. The van der Waals surface area contributed by atoms with Crippen molar-refractivity contribution >= 4 is 47.3 Å². The van der Waals surface area contributed by atoms with Crippen molar-refractivity contribution in [2.75, 3.05) is 29.7 Å². The summed E-state index contributed by atoms with van der Waals surface area (Å²) in [4.78, 5) is 12.9. The molecule has 0 heterocycles. The molecule has 0 amide bonds. The summed E-state index contributed by atoms with van der Waals surface area (Å²) in [5, 5.41) is 8.89. The third-order valence-electron chi connectivity index (χ3n) is 2.97. The third kappa shape index (κ3) is 6.21. The first-order valence-electron chi connectivity index (χ1n) is 6.27. The fourth-order valence-electron chi connectivity index (χ4n) is 1.86. The van der Waals surface area contributed by atoms with Crippen molar-refractivity contribution in [2.45, 2.75) is 13.3 Å². The first-order valence-corrected chi connectivity index (χ1v) is 7.34. The number of alkyl halides is 2. The molecule has 3 nitrogen and oxygen atoms in total. The Hall–Kier alpha value is -0.640. The van der Waals surface area contributed by atoms with Crippen molar-refractivity contribution in [1.82, 2.24) is 0 Å². The van der Waals surface area contributed by atoms with Gasteiger partial charge in [-0.1, -0.05) is 19.1 Å². The van der Waals surface area contributed by atoms with E-state index in [1.165, 1.54) is 0 Å². The van der Waals surface area contributed by atoms with Crippen LogP contribution in [0.3, 0.4) is 0 Å². The zero-order valence-electron chi connectivity index (χ0n) is 11.4. The van der Waals surface area contributed by atoms with Crippen molar-refractivity contribution in [1.29, 1.82) is 0 Å². The van der Waals surface area contributed by atoms with Crippen LogP contribution in [0.1, 0.15) is 12.5 Å². The second-order valence-corrected chi connectivity index (χ2v) is 5.23. The summed E-state index contributed by atoms with van der Waals surface area (Å²) in [7, 11) is 0. The quantitative estimate of drug-likeness (QED) is 0.734. The van der Waals surface area contributed by atoms with E-state index in [0.717, 1.165) is 24.3 Å². The van der Waals surface area contributed by atoms with Gasteiger partial charge in [-0.15, -0.1) is 35.6 Å². The van der Waals surface area contributed by atoms with Crippen LogP contribution in [0.5, 0.6) is 0 Å². The smallest absolute Gasteiger partial charge is 0.306 e. The Labute approximate surface area is 136 Å². The number of carbonyl (C=O) groups is 1. The number of hydrogen-bond acceptors (Lipinski definition) is 2. The van der Waals surface area contributed by atoms with Crippen molar-refractivity contribution in [2.24, 2.45) is 5.92 Å². The van der Waals surface area contributed by atoms with Crippen LogP contribution in [-0.4, -0.2) is 35.9 Å². The summed E-state index contributed by atoms with van der Waals surface area (Å²) < 4.78 is 0. The molecule has 0 aliphatic rings. The summed E-state index contributed by atoms with van der Waals surface area (Å²) in [6.45, 7) is 3.21. The molecule has 0 fully saturated rings. The van der Waals surface area contributed by atoms with E-state index < -0.39 is 5.97 Å². The monoisotopic (exact) mass is 339 g/mol. The Morgan fingerprint density at radius 3 is 2.10 bits per heavy atom. The highest BCUT2D eigenvalue weighted by Crippen LogP contribution is 2.17. The van der Waals surface area contributed by atoms with Crippen LogP contribution in [0.15, 0.2) is 24.3 Å². The van der Waals surface area contributed by atoms with E-state index >= 15 is 0 Å². The van der Waals surface area contributed by atoms with Gasteiger partial charge in [0.1, 0.15) is 0 Å². The molecule has 0 saturated carbocycles. The van der Waals surface area contributed by atoms with Crippen molar-refractivity contribution in [3.8, 4) is 0 Å². The molecule has 0 radical (unpaired) electrons. The SMILES string of the molecule is CC(Cc1ccc(N(CCCl)CCCl)cc1)C(=O)O.Cl. The zero-order valence-corrected chi connectivity index (χ0v) is 13.7. The highest BCUT2D eigenvalue weighted by molar-refractivity contribution is 6.18. The van der Waals surface area contributed by atoms with E-state index in [-0.39, 0.29) is 18.3 Å². The van der Waals surface area contributed by atoms with Crippen molar-refractivity contribution in [3.05, 3.63) is 29.8 Å². The van der Waals surface area contributed by atoms with Gasteiger partial charge in [0.15, 0.2) is 0 Å². The first-order chi connectivity index (χ1) is 9.08. The molecular weight excluding hydrogens is 321 g/mol. The van der Waals surface area contributed by atoms with E-state index in [1.54, 1.807) is 6.92 Å².